The Morgan fingerprint density at radius 2 is 2.12 bits per heavy atom. The molecule has 2 fully saturated rings. The third-order valence-corrected chi connectivity index (χ3v) is 5.10. The molecule has 8 nitrogen and oxygen atoms in total. The second-order valence-corrected chi connectivity index (χ2v) is 6.74. The molecule has 8 heteroatoms. The van der Waals surface area contributed by atoms with Crippen LogP contribution in [0.4, 0.5) is 5.95 Å². The van der Waals surface area contributed by atoms with Crippen molar-refractivity contribution in [2.75, 3.05) is 18.9 Å². The number of ether oxygens (including phenoxy) is 1. The first kappa shape index (κ1) is 18.1. The predicted molar refractivity (Wildman–Crippen MR) is 94.1 cm³/mol. The van der Waals surface area contributed by atoms with Gasteiger partial charge < -0.3 is 15.6 Å². The van der Waals surface area contributed by atoms with Crippen LogP contribution in [0.25, 0.3) is 5.52 Å². The zero-order valence-electron chi connectivity index (χ0n) is 14.8. The Morgan fingerprint density at radius 1 is 1.38 bits per heavy atom. The summed E-state index contributed by atoms with van der Waals surface area (Å²) in [6.07, 6.45) is 6.20. The van der Waals surface area contributed by atoms with E-state index in [9.17, 15) is 10.5 Å². The minimum absolute atomic E-state index is 0.0378. The molecule has 1 aliphatic heterocycles. The number of hydrogen-bond acceptors (Lipinski definition) is 7. The van der Waals surface area contributed by atoms with E-state index >= 15 is 0 Å². The highest BCUT2D eigenvalue weighted by atomic mass is 16.5. The van der Waals surface area contributed by atoms with E-state index in [-0.39, 0.29) is 17.5 Å². The van der Waals surface area contributed by atoms with E-state index in [0.29, 0.717) is 23.3 Å². The molecule has 1 atom stereocenters. The number of hydrogen-bond donors (Lipinski definition) is 2. The van der Waals surface area contributed by atoms with E-state index in [4.69, 9.17) is 15.6 Å². The minimum Gasteiger partial charge on any atom is -0.391 e. The second kappa shape index (κ2) is 7.28. The molecule has 2 aliphatic rings. The number of aliphatic hydroxyl groups excluding tert-OH is 1. The van der Waals surface area contributed by atoms with E-state index in [1.807, 2.05) is 0 Å². The highest BCUT2D eigenvalue weighted by Crippen LogP contribution is 2.52. The normalized spacial score (nSPS) is 20.5. The molecule has 4 rings (SSSR count). The first-order chi connectivity index (χ1) is 12.6. The van der Waals surface area contributed by atoms with E-state index in [1.165, 1.54) is 6.20 Å². The van der Waals surface area contributed by atoms with E-state index in [2.05, 4.69) is 29.1 Å². The number of nitriles is 2. The lowest BCUT2D eigenvalue weighted by molar-refractivity contribution is -0.00535. The average molecular weight is 354 g/mol. The lowest BCUT2D eigenvalue weighted by atomic mass is 9.95. The van der Waals surface area contributed by atoms with Gasteiger partial charge in [-0.1, -0.05) is 6.92 Å². The van der Waals surface area contributed by atoms with Gasteiger partial charge in [0.1, 0.15) is 17.7 Å². The molecule has 3 heterocycles. The van der Waals surface area contributed by atoms with Crippen LogP contribution in [0.1, 0.15) is 55.8 Å². The maximum Gasteiger partial charge on any atom is 0.238 e. The maximum absolute atomic E-state index is 9.39. The van der Waals surface area contributed by atoms with E-state index in [0.717, 1.165) is 44.4 Å². The summed E-state index contributed by atoms with van der Waals surface area (Å²) in [5.74, 6) is 0.143. The van der Waals surface area contributed by atoms with E-state index in [1.54, 1.807) is 4.52 Å². The van der Waals surface area contributed by atoms with Crippen molar-refractivity contribution in [1.82, 2.24) is 14.6 Å². The number of nitrogen functional groups attached to an aromatic ring is 1. The molecular formula is C18H22N6O2. The lowest BCUT2D eigenvalue weighted by Gasteiger charge is -2.15. The number of anilines is 1. The molecule has 0 spiro atoms. The standard InChI is InChI=1S/C13H12N6.C5H10O2/c1-2-13(3-4-13)11-9(6-15)8(5-14)10-7-17-12(16)18-19(10)11;6-5-2-1-3-7-4-5/h7H,2-4H2,1H3,(H2,16,18);5-6H,1-4H2. The average Bonchev–Trinajstić information content (AvgIpc) is 3.38. The minimum atomic E-state index is -0.186. The third-order valence-electron chi connectivity index (χ3n) is 5.10. The van der Waals surface area contributed by atoms with Crippen molar-refractivity contribution in [3.8, 4) is 12.1 Å². The van der Waals surface area contributed by atoms with Crippen LogP contribution >= 0.6 is 0 Å². The predicted octanol–water partition coefficient (Wildman–Crippen LogP) is 1.65. The molecule has 0 bridgehead atoms. The lowest BCUT2D eigenvalue weighted by Crippen LogP contribution is -2.21. The van der Waals surface area contributed by atoms with Crippen LogP contribution in [0.5, 0.6) is 0 Å². The number of nitrogens with two attached hydrogens (primary N) is 1. The number of aliphatic hydroxyl groups is 1. The summed E-state index contributed by atoms with van der Waals surface area (Å²) in [6.45, 7) is 3.46. The largest absolute Gasteiger partial charge is 0.391 e. The molecule has 0 amide bonds. The molecule has 1 saturated heterocycles. The van der Waals surface area contributed by atoms with Gasteiger partial charge in [0.25, 0.3) is 0 Å². The molecule has 0 radical (unpaired) electrons. The molecule has 2 aromatic heterocycles. The van der Waals surface area contributed by atoms with Gasteiger partial charge in [0.05, 0.1) is 35.7 Å². The van der Waals surface area contributed by atoms with Gasteiger partial charge in [-0.3, -0.25) is 0 Å². The quantitative estimate of drug-likeness (QED) is 0.837. The SMILES string of the molecule is CCC1(c2c(C#N)c(C#N)c3cnc(N)nn23)CC1.OC1CCCOC1. The van der Waals surface area contributed by atoms with Crippen molar-refractivity contribution in [2.45, 2.75) is 50.5 Å². The summed E-state index contributed by atoms with van der Waals surface area (Å²) >= 11 is 0. The summed E-state index contributed by atoms with van der Waals surface area (Å²) < 4.78 is 6.57. The van der Waals surface area contributed by atoms with Gasteiger partial charge in [-0.25, -0.2) is 9.50 Å². The third kappa shape index (κ3) is 3.22. The van der Waals surface area contributed by atoms with Crippen LogP contribution < -0.4 is 5.73 Å². The molecule has 1 aliphatic carbocycles. The summed E-state index contributed by atoms with van der Waals surface area (Å²) in [6, 6.07) is 4.24. The van der Waals surface area contributed by atoms with Crippen molar-refractivity contribution in [3.05, 3.63) is 23.0 Å². The zero-order valence-corrected chi connectivity index (χ0v) is 14.8. The molecule has 26 heavy (non-hydrogen) atoms. The Hall–Kier alpha value is -2.68. The highest BCUT2D eigenvalue weighted by Gasteiger charge is 2.47. The van der Waals surface area contributed by atoms with Crippen LogP contribution in [0.3, 0.4) is 0 Å². The fourth-order valence-corrected chi connectivity index (χ4v) is 3.40. The van der Waals surface area contributed by atoms with Crippen LogP contribution in [0, 0.1) is 22.7 Å². The zero-order chi connectivity index (χ0) is 18.7. The summed E-state index contributed by atoms with van der Waals surface area (Å²) in [4.78, 5) is 3.92. The number of rotatable bonds is 2. The van der Waals surface area contributed by atoms with Crippen molar-refractivity contribution in [2.24, 2.45) is 0 Å². The van der Waals surface area contributed by atoms with Crippen molar-refractivity contribution in [3.63, 3.8) is 0 Å². The van der Waals surface area contributed by atoms with Gasteiger partial charge in [-0.15, -0.1) is 5.10 Å². The summed E-state index contributed by atoms with van der Waals surface area (Å²) in [5.41, 5.74) is 7.73. The van der Waals surface area contributed by atoms with Gasteiger partial charge in [-0.2, -0.15) is 10.5 Å². The Labute approximate surface area is 151 Å². The van der Waals surface area contributed by atoms with Crippen molar-refractivity contribution in [1.29, 1.82) is 10.5 Å². The van der Waals surface area contributed by atoms with Crippen molar-refractivity contribution < 1.29 is 9.84 Å². The smallest absolute Gasteiger partial charge is 0.238 e. The van der Waals surface area contributed by atoms with Gasteiger partial charge in [0.15, 0.2) is 0 Å². The summed E-state index contributed by atoms with van der Waals surface area (Å²) in [5, 5.41) is 31.7. The van der Waals surface area contributed by atoms with Crippen LogP contribution in [-0.2, 0) is 10.2 Å². The van der Waals surface area contributed by atoms with Crippen LogP contribution in [0.15, 0.2) is 6.20 Å². The Balaban J connectivity index is 0.000000236. The van der Waals surface area contributed by atoms with E-state index < -0.39 is 0 Å². The molecule has 3 N–H and O–H groups in total. The molecular weight excluding hydrogens is 332 g/mol. The van der Waals surface area contributed by atoms with Crippen LogP contribution in [-0.4, -0.2) is 39.0 Å². The van der Waals surface area contributed by atoms with Crippen molar-refractivity contribution >= 4 is 11.5 Å². The highest BCUT2D eigenvalue weighted by molar-refractivity contribution is 5.71. The fraction of sp³-hybridized carbons (Fsp3) is 0.556. The summed E-state index contributed by atoms with van der Waals surface area (Å²) in [7, 11) is 0. The monoisotopic (exact) mass is 354 g/mol. The van der Waals surface area contributed by atoms with Gasteiger partial charge in [0.2, 0.25) is 5.95 Å². The first-order valence-electron chi connectivity index (χ1n) is 8.80. The number of aromatic nitrogens is 3. The Bertz CT molecular complexity index is 882. The van der Waals surface area contributed by atoms with Crippen LogP contribution in [0.2, 0.25) is 0 Å². The Morgan fingerprint density at radius 3 is 2.58 bits per heavy atom. The first-order valence-corrected chi connectivity index (χ1v) is 8.80. The van der Waals surface area contributed by atoms with Gasteiger partial charge in [-0.05, 0) is 32.1 Å². The fourth-order valence-electron chi connectivity index (χ4n) is 3.40. The second-order valence-electron chi connectivity index (χ2n) is 6.74. The molecule has 2 aromatic rings. The molecule has 0 aromatic carbocycles. The van der Waals surface area contributed by atoms with Gasteiger partial charge in [0, 0.05) is 12.0 Å². The Kier molecular flexibility index (Phi) is 5.08. The number of fused-ring (bicyclic) bond motifs is 1. The number of nitrogens with zero attached hydrogens (tertiary/aromatic N) is 5. The molecule has 136 valence electrons. The molecule has 1 unspecified atom stereocenters. The maximum atomic E-state index is 9.39. The molecule has 1 saturated carbocycles. The topological polar surface area (TPSA) is 133 Å². The van der Waals surface area contributed by atoms with Gasteiger partial charge >= 0.3 is 0 Å².